The van der Waals surface area contributed by atoms with Crippen LogP contribution in [0.15, 0.2) is 24.4 Å². The van der Waals surface area contributed by atoms with Gasteiger partial charge in [-0.15, -0.1) is 5.10 Å². The van der Waals surface area contributed by atoms with Crippen LogP contribution in [0.1, 0.15) is 27.2 Å². The lowest BCUT2D eigenvalue weighted by atomic mass is 9.99. The van der Waals surface area contributed by atoms with Crippen molar-refractivity contribution in [3.63, 3.8) is 0 Å². The summed E-state index contributed by atoms with van der Waals surface area (Å²) in [5.41, 5.74) is 3.58. The number of Topliss-reactive ketones (excluding diaryl/α,β-unsaturated/α-hetero) is 1. The molecule has 1 heterocycles. The van der Waals surface area contributed by atoms with Crippen LogP contribution in [0.3, 0.4) is 0 Å². The Hall–Kier alpha value is -1.97. The second-order valence-corrected chi connectivity index (χ2v) is 4.30. The van der Waals surface area contributed by atoms with Gasteiger partial charge in [0.15, 0.2) is 5.78 Å². The molecule has 0 atom stereocenters. The van der Waals surface area contributed by atoms with Crippen molar-refractivity contribution in [2.45, 2.75) is 20.3 Å². The van der Waals surface area contributed by atoms with Gasteiger partial charge in [0.25, 0.3) is 0 Å². The number of carbonyl (C=O) groups is 1. The number of hydrogen-bond acceptors (Lipinski definition) is 3. The van der Waals surface area contributed by atoms with E-state index in [2.05, 4.69) is 10.3 Å². The average Bonchev–Trinajstić information content (AvgIpc) is 2.67. The van der Waals surface area contributed by atoms with Crippen LogP contribution >= 0.6 is 0 Å². The predicted octanol–water partition coefficient (Wildman–Crippen LogP) is 1.86. The number of hydrogen-bond donors (Lipinski definition) is 0. The maximum atomic E-state index is 12.1. The van der Waals surface area contributed by atoms with Gasteiger partial charge in [0.2, 0.25) is 0 Å². The Morgan fingerprint density at radius 3 is 2.76 bits per heavy atom. The second kappa shape index (κ2) is 4.49. The monoisotopic (exact) mass is 229 g/mol. The standard InChI is InChI=1S/C13H15N3O/c1-9-4-5-10(2)12(6-9)13(17)7-11-8-16(3)15-14-11/h4-6,8H,7H2,1-3H3. The van der Waals surface area contributed by atoms with Crippen molar-refractivity contribution < 1.29 is 4.79 Å². The van der Waals surface area contributed by atoms with Crippen molar-refractivity contribution in [1.29, 1.82) is 0 Å². The molecule has 0 bridgehead atoms. The summed E-state index contributed by atoms with van der Waals surface area (Å²) < 4.78 is 1.60. The van der Waals surface area contributed by atoms with Gasteiger partial charge in [-0.25, -0.2) is 0 Å². The van der Waals surface area contributed by atoms with Gasteiger partial charge in [0.1, 0.15) is 0 Å². The number of aromatic nitrogens is 3. The minimum absolute atomic E-state index is 0.0895. The Morgan fingerprint density at radius 1 is 1.35 bits per heavy atom. The maximum absolute atomic E-state index is 12.1. The molecule has 88 valence electrons. The van der Waals surface area contributed by atoms with Gasteiger partial charge in [-0.05, 0) is 25.5 Å². The Labute approximate surface area is 100 Å². The van der Waals surface area contributed by atoms with E-state index in [1.807, 2.05) is 32.0 Å². The molecule has 0 saturated carbocycles. The highest BCUT2D eigenvalue weighted by atomic mass is 16.1. The minimum Gasteiger partial charge on any atom is -0.294 e. The third-order valence-corrected chi connectivity index (χ3v) is 2.69. The first kappa shape index (κ1) is 11.5. The molecule has 0 fully saturated rings. The molecule has 0 radical (unpaired) electrons. The zero-order valence-corrected chi connectivity index (χ0v) is 10.3. The highest BCUT2D eigenvalue weighted by Crippen LogP contribution is 2.13. The topological polar surface area (TPSA) is 47.8 Å². The number of benzene rings is 1. The third kappa shape index (κ3) is 2.58. The number of carbonyl (C=O) groups excluding carboxylic acids is 1. The van der Waals surface area contributed by atoms with Crippen LogP contribution in [0.2, 0.25) is 0 Å². The maximum Gasteiger partial charge on any atom is 0.169 e. The lowest BCUT2D eigenvalue weighted by molar-refractivity contribution is 0.0991. The van der Waals surface area contributed by atoms with E-state index in [0.717, 1.165) is 16.7 Å². The summed E-state index contributed by atoms with van der Waals surface area (Å²) in [5, 5.41) is 7.74. The predicted molar refractivity (Wildman–Crippen MR) is 65.0 cm³/mol. The van der Waals surface area contributed by atoms with E-state index in [0.29, 0.717) is 12.1 Å². The van der Waals surface area contributed by atoms with E-state index in [1.54, 1.807) is 17.9 Å². The number of rotatable bonds is 3. The molecule has 0 amide bonds. The van der Waals surface area contributed by atoms with E-state index in [9.17, 15) is 4.79 Å². The van der Waals surface area contributed by atoms with E-state index in [-0.39, 0.29) is 5.78 Å². The summed E-state index contributed by atoms with van der Waals surface area (Å²) in [6.45, 7) is 3.93. The van der Waals surface area contributed by atoms with Crippen LogP contribution in [0.5, 0.6) is 0 Å². The number of ketones is 1. The lowest BCUT2D eigenvalue weighted by Crippen LogP contribution is -2.06. The molecule has 4 nitrogen and oxygen atoms in total. The summed E-state index contributed by atoms with van der Waals surface area (Å²) in [5.74, 6) is 0.0895. The molecule has 0 aliphatic heterocycles. The first-order chi connectivity index (χ1) is 8.06. The van der Waals surface area contributed by atoms with Crippen LogP contribution in [0, 0.1) is 13.8 Å². The zero-order valence-electron chi connectivity index (χ0n) is 10.3. The van der Waals surface area contributed by atoms with E-state index in [1.165, 1.54) is 0 Å². The van der Waals surface area contributed by atoms with Gasteiger partial charge in [0.05, 0.1) is 12.1 Å². The highest BCUT2D eigenvalue weighted by Gasteiger charge is 2.12. The zero-order chi connectivity index (χ0) is 12.4. The average molecular weight is 229 g/mol. The van der Waals surface area contributed by atoms with E-state index >= 15 is 0 Å². The van der Waals surface area contributed by atoms with E-state index in [4.69, 9.17) is 0 Å². The van der Waals surface area contributed by atoms with Crippen LogP contribution in [0.4, 0.5) is 0 Å². The van der Waals surface area contributed by atoms with Crippen molar-refractivity contribution in [3.05, 3.63) is 46.8 Å². The minimum atomic E-state index is 0.0895. The fourth-order valence-electron chi connectivity index (χ4n) is 1.77. The van der Waals surface area contributed by atoms with Crippen LogP contribution < -0.4 is 0 Å². The molecule has 0 spiro atoms. The number of aryl methyl sites for hydroxylation is 3. The normalized spacial score (nSPS) is 10.5. The van der Waals surface area contributed by atoms with E-state index < -0.39 is 0 Å². The van der Waals surface area contributed by atoms with Crippen LogP contribution in [0.25, 0.3) is 0 Å². The molecule has 2 aromatic rings. The Morgan fingerprint density at radius 2 is 2.12 bits per heavy atom. The van der Waals surface area contributed by atoms with Crippen molar-refractivity contribution in [1.82, 2.24) is 15.0 Å². The first-order valence-corrected chi connectivity index (χ1v) is 5.52. The molecule has 0 aliphatic rings. The molecular weight excluding hydrogens is 214 g/mol. The summed E-state index contributed by atoms with van der Waals surface area (Å²) in [7, 11) is 1.79. The molecule has 1 aromatic heterocycles. The van der Waals surface area contributed by atoms with Gasteiger partial charge in [0, 0.05) is 18.8 Å². The Balaban J connectivity index is 2.22. The van der Waals surface area contributed by atoms with Crippen LogP contribution in [-0.2, 0) is 13.5 Å². The summed E-state index contributed by atoms with van der Waals surface area (Å²) >= 11 is 0. The Bertz CT molecular complexity index is 558. The summed E-state index contributed by atoms with van der Waals surface area (Å²) in [6, 6.07) is 5.90. The summed E-state index contributed by atoms with van der Waals surface area (Å²) in [6.07, 6.45) is 2.07. The molecule has 0 unspecified atom stereocenters. The van der Waals surface area contributed by atoms with Crippen molar-refractivity contribution >= 4 is 5.78 Å². The third-order valence-electron chi connectivity index (χ3n) is 2.69. The van der Waals surface area contributed by atoms with Crippen molar-refractivity contribution in [2.75, 3.05) is 0 Å². The van der Waals surface area contributed by atoms with Crippen molar-refractivity contribution in [2.24, 2.45) is 7.05 Å². The quantitative estimate of drug-likeness (QED) is 0.755. The van der Waals surface area contributed by atoms with Gasteiger partial charge < -0.3 is 0 Å². The molecule has 4 heteroatoms. The molecular formula is C13H15N3O. The highest BCUT2D eigenvalue weighted by molar-refractivity contribution is 5.98. The van der Waals surface area contributed by atoms with Gasteiger partial charge in [-0.3, -0.25) is 9.48 Å². The molecule has 1 aromatic carbocycles. The molecule has 0 saturated heterocycles. The SMILES string of the molecule is Cc1ccc(C)c(C(=O)Cc2cn(C)nn2)c1. The number of nitrogens with zero attached hydrogens (tertiary/aromatic N) is 3. The second-order valence-electron chi connectivity index (χ2n) is 4.30. The molecule has 0 aliphatic carbocycles. The van der Waals surface area contributed by atoms with Crippen LogP contribution in [-0.4, -0.2) is 20.8 Å². The van der Waals surface area contributed by atoms with Gasteiger partial charge in [-0.2, -0.15) is 0 Å². The Kier molecular flexibility index (Phi) is 3.04. The largest absolute Gasteiger partial charge is 0.294 e. The molecule has 2 rings (SSSR count). The lowest BCUT2D eigenvalue weighted by Gasteiger charge is -2.04. The van der Waals surface area contributed by atoms with Gasteiger partial charge in [-0.1, -0.05) is 22.9 Å². The molecule has 17 heavy (non-hydrogen) atoms. The van der Waals surface area contributed by atoms with Gasteiger partial charge >= 0.3 is 0 Å². The first-order valence-electron chi connectivity index (χ1n) is 5.52. The fraction of sp³-hybridized carbons (Fsp3) is 0.308. The molecule has 0 N–H and O–H groups in total. The van der Waals surface area contributed by atoms with Crippen molar-refractivity contribution in [3.8, 4) is 0 Å². The fourth-order valence-corrected chi connectivity index (χ4v) is 1.77. The smallest absolute Gasteiger partial charge is 0.169 e. The summed E-state index contributed by atoms with van der Waals surface area (Å²) in [4.78, 5) is 12.1.